The molecule has 0 aliphatic rings. The summed E-state index contributed by atoms with van der Waals surface area (Å²) in [5.41, 5.74) is 2.49. The van der Waals surface area contributed by atoms with Crippen molar-refractivity contribution < 1.29 is 14.7 Å². The summed E-state index contributed by atoms with van der Waals surface area (Å²) in [6.07, 6.45) is 0. The van der Waals surface area contributed by atoms with E-state index in [-0.39, 0.29) is 18.1 Å². The van der Waals surface area contributed by atoms with Gasteiger partial charge in [-0.1, -0.05) is 24.3 Å². The van der Waals surface area contributed by atoms with E-state index < -0.39 is 11.9 Å². The zero-order chi connectivity index (χ0) is 19.6. The van der Waals surface area contributed by atoms with Gasteiger partial charge in [0.1, 0.15) is 6.54 Å². The van der Waals surface area contributed by atoms with Crippen LogP contribution in [0, 0.1) is 0 Å². The summed E-state index contributed by atoms with van der Waals surface area (Å²) in [6.45, 7) is 3.92. The summed E-state index contributed by atoms with van der Waals surface area (Å²) in [5.74, 6) is -1.85. The van der Waals surface area contributed by atoms with Crippen molar-refractivity contribution in [1.82, 2.24) is 9.13 Å². The number of nitrogens with one attached hydrogen (secondary N) is 1. The maximum atomic E-state index is 12.6. The van der Waals surface area contributed by atoms with E-state index in [0.29, 0.717) is 23.3 Å². The molecule has 3 aromatic rings. The Hall–Kier alpha value is -3.35. The van der Waals surface area contributed by atoms with Gasteiger partial charge in [0.15, 0.2) is 0 Å². The smallest absolute Gasteiger partial charge is 0.329 e. The molecule has 7 heteroatoms. The van der Waals surface area contributed by atoms with Crippen molar-refractivity contribution in [1.29, 1.82) is 0 Å². The van der Waals surface area contributed by atoms with Gasteiger partial charge in [0.2, 0.25) is 5.91 Å². The van der Waals surface area contributed by atoms with Crippen LogP contribution in [0.4, 0.5) is 5.69 Å². The molecule has 0 radical (unpaired) electrons. The van der Waals surface area contributed by atoms with Crippen molar-refractivity contribution in [3.05, 3.63) is 64.6 Å². The first-order valence-electron chi connectivity index (χ1n) is 8.73. The number of carbonyl (C=O) groups excluding carboxylic acids is 1. The Morgan fingerprint density at radius 2 is 1.63 bits per heavy atom. The number of carboxylic acids is 1. The van der Waals surface area contributed by atoms with Gasteiger partial charge in [0.05, 0.1) is 17.0 Å². The first kappa shape index (κ1) is 18.4. The van der Waals surface area contributed by atoms with Crippen LogP contribution in [-0.2, 0) is 22.7 Å². The molecule has 1 unspecified atom stereocenters. The number of fused-ring (bicyclic) bond motifs is 1. The Labute approximate surface area is 155 Å². The molecular formula is C20H21N3O4. The molecule has 2 N–H and O–H groups in total. The quantitative estimate of drug-likeness (QED) is 0.700. The number of nitrogens with zero attached hydrogens (tertiary/aromatic N) is 2. The van der Waals surface area contributed by atoms with Gasteiger partial charge in [-0.3, -0.25) is 18.7 Å². The predicted octanol–water partition coefficient (Wildman–Crippen LogP) is 2.65. The van der Waals surface area contributed by atoms with E-state index in [1.165, 1.54) is 4.57 Å². The third kappa shape index (κ3) is 3.62. The van der Waals surface area contributed by atoms with E-state index in [1.54, 1.807) is 35.8 Å². The van der Waals surface area contributed by atoms with Crippen molar-refractivity contribution in [2.75, 3.05) is 5.32 Å². The summed E-state index contributed by atoms with van der Waals surface area (Å²) in [5, 5.41) is 11.8. The van der Waals surface area contributed by atoms with Crippen molar-refractivity contribution >= 4 is 28.6 Å². The molecule has 27 heavy (non-hydrogen) atoms. The largest absolute Gasteiger partial charge is 0.481 e. The second-order valence-electron chi connectivity index (χ2n) is 6.33. The standard InChI is InChI=1S/C20H21N3O4/c1-3-22-16-6-4-5-7-17(16)23(20(22)27)12-18(24)21-15-10-8-14(9-11-15)13(2)19(25)26/h4-11,13H,3,12H2,1-2H3,(H,21,24)(H,25,26). The topological polar surface area (TPSA) is 93.3 Å². The molecular weight excluding hydrogens is 346 g/mol. The summed E-state index contributed by atoms with van der Waals surface area (Å²) < 4.78 is 3.08. The number of amides is 1. The Morgan fingerprint density at radius 3 is 2.19 bits per heavy atom. The van der Waals surface area contributed by atoms with Crippen LogP contribution >= 0.6 is 0 Å². The van der Waals surface area contributed by atoms with Gasteiger partial charge in [-0.05, 0) is 43.7 Å². The van der Waals surface area contributed by atoms with Crippen LogP contribution in [0.25, 0.3) is 11.0 Å². The van der Waals surface area contributed by atoms with Crippen LogP contribution in [0.2, 0.25) is 0 Å². The van der Waals surface area contributed by atoms with Crippen LogP contribution in [0.5, 0.6) is 0 Å². The van der Waals surface area contributed by atoms with Crippen molar-refractivity contribution in [3.63, 3.8) is 0 Å². The lowest BCUT2D eigenvalue weighted by molar-refractivity contribution is -0.138. The number of imidazole rings is 1. The fraction of sp³-hybridized carbons (Fsp3) is 0.250. The molecule has 1 amide bonds. The van der Waals surface area contributed by atoms with E-state index in [1.807, 2.05) is 31.2 Å². The molecule has 1 atom stereocenters. The minimum Gasteiger partial charge on any atom is -0.481 e. The third-order valence-corrected chi connectivity index (χ3v) is 4.61. The first-order valence-corrected chi connectivity index (χ1v) is 8.73. The van der Waals surface area contributed by atoms with Crippen LogP contribution in [0.1, 0.15) is 25.3 Å². The summed E-state index contributed by atoms with van der Waals surface area (Å²) in [6, 6.07) is 14.0. The first-order chi connectivity index (χ1) is 12.9. The maximum absolute atomic E-state index is 12.6. The number of para-hydroxylation sites is 2. The van der Waals surface area contributed by atoms with E-state index in [0.717, 1.165) is 5.52 Å². The molecule has 0 aliphatic carbocycles. The monoisotopic (exact) mass is 367 g/mol. The third-order valence-electron chi connectivity index (χ3n) is 4.61. The van der Waals surface area contributed by atoms with E-state index in [9.17, 15) is 14.4 Å². The highest BCUT2D eigenvalue weighted by atomic mass is 16.4. The highest BCUT2D eigenvalue weighted by Crippen LogP contribution is 2.18. The number of rotatable bonds is 6. The van der Waals surface area contributed by atoms with Gasteiger partial charge in [0, 0.05) is 12.2 Å². The number of anilines is 1. The second-order valence-corrected chi connectivity index (χ2v) is 6.33. The zero-order valence-electron chi connectivity index (χ0n) is 15.2. The number of aryl methyl sites for hydroxylation is 1. The zero-order valence-corrected chi connectivity index (χ0v) is 15.2. The lowest BCUT2D eigenvalue weighted by Gasteiger charge is -2.09. The number of hydrogen-bond acceptors (Lipinski definition) is 3. The Balaban J connectivity index is 1.79. The Bertz CT molecular complexity index is 1050. The molecule has 0 fully saturated rings. The van der Waals surface area contributed by atoms with E-state index >= 15 is 0 Å². The van der Waals surface area contributed by atoms with Crippen LogP contribution in [0.15, 0.2) is 53.3 Å². The second kappa shape index (κ2) is 7.49. The average molecular weight is 367 g/mol. The van der Waals surface area contributed by atoms with Gasteiger partial charge in [0.25, 0.3) is 0 Å². The van der Waals surface area contributed by atoms with Gasteiger partial charge in [-0.15, -0.1) is 0 Å². The van der Waals surface area contributed by atoms with Crippen molar-refractivity contribution in [3.8, 4) is 0 Å². The Kier molecular flexibility index (Phi) is 5.12. The molecule has 3 rings (SSSR count). The maximum Gasteiger partial charge on any atom is 0.329 e. The lowest BCUT2D eigenvalue weighted by atomic mass is 10.0. The fourth-order valence-electron chi connectivity index (χ4n) is 3.07. The van der Waals surface area contributed by atoms with Crippen LogP contribution < -0.4 is 11.0 Å². The molecule has 0 saturated carbocycles. The number of aromatic nitrogens is 2. The molecule has 0 saturated heterocycles. The van der Waals surface area contributed by atoms with Gasteiger partial charge in [-0.25, -0.2) is 4.79 Å². The number of carbonyl (C=O) groups is 2. The van der Waals surface area contributed by atoms with E-state index in [4.69, 9.17) is 5.11 Å². The fourth-order valence-corrected chi connectivity index (χ4v) is 3.07. The molecule has 2 aromatic carbocycles. The summed E-state index contributed by atoms with van der Waals surface area (Å²) in [4.78, 5) is 36.0. The molecule has 7 nitrogen and oxygen atoms in total. The highest BCUT2D eigenvalue weighted by Gasteiger charge is 2.15. The average Bonchev–Trinajstić information content (AvgIpc) is 2.93. The summed E-state index contributed by atoms with van der Waals surface area (Å²) in [7, 11) is 0. The Morgan fingerprint density at radius 1 is 1.04 bits per heavy atom. The minimum atomic E-state index is -0.904. The SMILES string of the molecule is CCn1c(=O)n(CC(=O)Nc2ccc(C(C)C(=O)O)cc2)c2ccccc21. The van der Waals surface area contributed by atoms with Gasteiger partial charge >= 0.3 is 11.7 Å². The minimum absolute atomic E-state index is 0.0976. The molecule has 1 heterocycles. The van der Waals surface area contributed by atoms with Crippen LogP contribution in [-0.4, -0.2) is 26.1 Å². The number of aliphatic carboxylic acids is 1. The molecule has 0 aliphatic heterocycles. The van der Waals surface area contributed by atoms with Gasteiger partial charge < -0.3 is 10.4 Å². The van der Waals surface area contributed by atoms with Crippen molar-refractivity contribution in [2.45, 2.75) is 32.9 Å². The number of carboxylic acid groups (broad SMARTS) is 1. The van der Waals surface area contributed by atoms with Crippen LogP contribution in [0.3, 0.4) is 0 Å². The molecule has 0 spiro atoms. The summed E-state index contributed by atoms with van der Waals surface area (Å²) >= 11 is 0. The molecule has 0 bridgehead atoms. The number of benzene rings is 2. The number of hydrogen-bond donors (Lipinski definition) is 2. The van der Waals surface area contributed by atoms with E-state index in [2.05, 4.69) is 5.32 Å². The predicted molar refractivity (Wildman–Crippen MR) is 103 cm³/mol. The highest BCUT2D eigenvalue weighted by molar-refractivity contribution is 5.91. The lowest BCUT2D eigenvalue weighted by Crippen LogP contribution is -2.29. The molecule has 140 valence electrons. The normalized spacial score (nSPS) is 12.1. The van der Waals surface area contributed by atoms with Gasteiger partial charge in [-0.2, -0.15) is 0 Å². The molecule has 1 aromatic heterocycles. The van der Waals surface area contributed by atoms with Crippen molar-refractivity contribution in [2.24, 2.45) is 0 Å².